The van der Waals surface area contributed by atoms with Crippen LogP contribution in [-0.4, -0.2) is 25.7 Å². The first-order valence-electron chi connectivity index (χ1n) is 7.96. The zero-order valence-corrected chi connectivity index (χ0v) is 12.9. The molecule has 0 atom stereocenters. The highest BCUT2D eigenvalue weighted by Crippen LogP contribution is 2.23. The van der Waals surface area contributed by atoms with Gasteiger partial charge in [-0.25, -0.2) is 14.5 Å². The van der Waals surface area contributed by atoms with E-state index >= 15 is 0 Å². The molecule has 0 spiro atoms. The standard InChI is InChI=1S/C17H19N5O/c18-16-8-14-7-12(5-6-22(14)21-16)13-9-19-17(20-10-13)11-23-15-3-1-2-4-15/h5-10,15H,1-4,11H2,(H2,18,21). The lowest BCUT2D eigenvalue weighted by Crippen LogP contribution is -2.09. The monoisotopic (exact) mass is 309 g/mol. The first-order valence-corrected chi connectivity index (χ1v) is 7.96. The molecule has 6 nitrogen and oxygen atoms in total. The van der Waals surface area contributed by atoms with Crippen LogP contribution < -0.4 is 5.73 Å². The Balaban J connectivity index is 1.49. The van der Waals surface area contributed by atoms with Crippen molar-refractivity contribution in [2.75, 3.05) is 5.73 Å². The van der Waals surface area contributed by atoms with Crippen molar-refractivity contribution in [3.05, 3.63) is 42.6 Å². The van der Waals surface area contributed by atoms with E-state index in [1.54, 1.807) is 4.52 Å². The highest BCUT2D eigenvalue weighted by molar-refractivity contribution is 5.68. The number of hydrogen-bond acceptors (Lipinski definition) is 5. The Morgan fingerprint density at radius 3 is 2.70 bits per heavy atom. The third-order valence-electron chi connectivity index (χ3n) is 4.27. The molecular formula is C17H19N5O. The van der Waals surface area contributed by atoms with Crippen molar-refractivity contribution in [1.82, 2.24) is 19.6 Å². The maximum absolute atomic E-state index is 5.84. The molecule has 3 aromatic rings. The van der Waals surface area contributed by atoms with Gasteiger partial charge in [0.15, 0.2) is 5.82 Å². The van der Waals surface area contributed by atoms with Gasteiger partial charge in [-0.15, -0.1) is 0 Å². The number of nitrogens with zero attached hydrogens (tertiary/aromatic N) is 4. The average molecular weight is 309 g/mol. The fraction of sp³-hybridized carbons (Fsp3) is 0.353. The van der Waals surface area contributed by atoms with Crippen LogP contribution in [0.4, 0.5) is 5.82 Å². The molecule has 3 aromatic heterocycles. The van der Waals surface area contributed by atoms with Gasteiger partial charge in [0, 0.05) is 30.2 Å². The maximum atomic E-state index is 5.84. The van der Waals surface area contributed by atoms with Crippen LogP contribution in [0.3, 0.4) is 0 Å². The molecule has 0 aliphatic heterocycles. The smallest absolute Gasteiger partial charge is 0.153 e. The Hall–Kier alpha value is -2.47. The summed E-state index contributed by atoms with van der Waals surface area (Å²) in [6, 6.07) is 5.84. The zero-order chi connectivity index (χ0) is 15.6. The normalized spacial score (nSPS) is 15.5. The lowest BCUT2D eigenvalue weighted by molar-refractivity contribution is 0.0417. The van der Waals surface area contributed by atoms with Crippen molar-refractivity contribution >= 4 is 11.3 Å². The highest BCUT2D eigenvalue weighted by atomic mass is 16.5. The van der Waals surface area contributed by atoms with Crippen LogP contribution in [-0.2, 0) is 11.3 Å². The highest BCUT2D eigenvalue weighted by Gasteiger charge is 2.15. The molecule has 0 unspecified atom stereocenters. The summed E-state index contributed by atoms with van der Waals surface area (Å²) in [6.07, 6.45) is 10.8. The Morgan fingerprint density at radius 2 is 1.91 bits per heavy atom. The van der Waals surface area contributed by atoms with Crippen LogP contribution >= 0.6 is 0 Å². The maximum Gasteiger partial charge on any atom is 0.153 e. The molecule has 23 heavy (non-hydrogen) atoms. The molecule has 0 radical (unpaired) electrons. The largest absolute Gasteiger partial charge is 0.382 e. The van der Waals surface area contributed by atoms with Crippen LogP contribution in [0.5, 0.6) is 0 Å². The van der Waals surface area contributed by atoms with E-state index in [-0.39, 0.29) is 0 Å². The molecule has 0 aromatic carbocycles. The number of pyridine rings is 1. The number of fused-ring (bicyclic) bond motifs is 1. The van der Waals surface area contributed by atoms with E-state index in [0.717, 1.165) is 35.3 Å². The van der Waals surface area contributed by atoms with Crippen molar-refractivity contribution in [1.29, 1.82) is 0 Å². The van der Waals surface area contributed by atoms with Crippen LogP contribution in [0.2, 0.25) is 0 Å². The van der Waals surface area contributed by atoms with Gasteiger partial charge < -0.3 is 10.5 Å². The summed E-state index contributed by atoms with van der Waals surface area (Å²) in [7, 11) is 0. The van der Waals surface area contributed by atoms with Gasteiger partial charge in [0.1, 0.15) is 12.4 Å². The second-order valence-corrected chi connectivity index (χ2v) is 5.96. The van der Waals surface area contributed by atoms with E-state index in [9.17, 15) is 0 Å². The quantitative estimate of drug-likeness (QED) is 0.801. The Bertz CT molecular complexity index is 805. The minimum Gasteiger partial charge on any atom is -0.382 e. The number of nitrogens with two attached hydrogens (primary N) is 1. The second kappa shape index (κ2) is 5.96. The fourth-order valence-corrected chi connectivity index (χ4v) is 3.02. The molecular weight excluding hydrogens is 290 g/mol. The molecule has 1 fully saturated rings. The van der Waals surface area contributed by atoms with Crippen LogP contribution in [0, 0.1) is 0 Å². The molecule has 3 heterocycles. The SMILES string of the molecule is Nc1cc2cc(-c3cnc(COC4CCCC4)nc3)ccn2n1. The van der Waals surface area contributed by atoms with E-state index in [1.807, 2.05) is 36.8 Å². The Morgan fingerprint density at radius 1 is 1.13 bits per heavy atom. The molecule has 0 bridgehead atoms. The summed E-state index contributed by atoms with van der Waals surface area (Å²) in [5.74, 6) is 1.24. The van der Waals surface area contributed by atoms with Gasteiger partial charge in [-0.05, 0) is 30.5 Å². The van der Waals surface area contributed by atoms with E-state index in [2.05, 4.69) is 15.1 Å². The van der Waals surface area contributed by atoms with Crippen molar-refractivity contribution in [2.24, 2.45) is 0 Å². The fourth-order valence-electron chi connectivity index (χ4n) is 3.02. The number of nitrogen functional groups attached to an aromatic ring is 1. The number of hydrogen-bond donors (Lipinski definition) is 1. The lowest BCUT2D eigenvalue weighted by Gasteiger charge is -2.10. The first kappa shape index (κ1) is 14.1. The zero-order valence-electron chi connectivity index (χ0n) is 12.9. The molecule has 4 rings (SSSR count). The summed E-state index contributed by atoms with van der Waals surface area (Å²) in [5, 5.41) is 4.17. The number of aromatic nitrogens is 4. The van der Waals surface area contributed by atoms with E-state index in [0.29, 0.717) is 18.5 Å². The van der Waals surface area contributed by atoms with Crippen molar-refractivity contribution in [2.45, 2.75) is 38.4 Å². The molecule has 6 heteroatoms. The number of ether oxygens (including phenoxy) is 1. The molecule has 1 saturated carbocycles. The average Bonchev–Trinajstić information content (AvgIpc) is 3.21. The van der Waals surface area contributed by atoms with Gasteiger partial charge >= 0.3 is 0 Å². The van der Waals surface area contributed by atoms with Gasteiger partial charge in [-0.3, -0.25) is 0 Å². The summed E-state index contributed by atoms with van der Waals surface area (Å²) in [4.78, 5) is 8.84. The Kier molecular flexibility index (Phi) is 3.67. The van der Waals surface area contributed by atoms with Crippen LogP contribution in [0.1, 0.15) is 31.5 Å². The van der Waals surface area contributed by atoms with E-state index < -0.39 is 0 Å². The van der Waals surface area contributed by atoms with Crippen molar-refractivity contribution in [3.63, 3.8) is 0 Å². The van der Waals surface area contributed by atoms with Crippen molar-refractivity contribution in [3.8, 4) is 11.1 Å². The van der Waals surface area contributed by atoms with Crippen LogP contribution in [0.15, 0.2) is 36.8 Å². The number of anilines is 1. The van der Waals surface area contributed by atoms with Gasteiger partial charge in [-0.2, -0.15) is 5.10 Å². The topological polar surface area (TPSA) is 78.3 Å². The summed E-state index contributed by atoms with van der Waals surface area (Å²) in [5.41, 5.74) is 8.68. The van der Waals surface area contributed by atoms with Crippen molar-refractivity contribution < 1.29 is 4.74 Å². The van der Waals surface area contributed by atoms with Gasteiger partial charge in [0.05, 0.1) is 11.6 Å². The predicted octanol–water partition coefficient (Wildman–Crippen LogP) is 2.83. The van der Waals surface area contributed by atoms with E-state index in [4.69, 9.17) is 10.5 Å². The molecule has 2 N–H and O–H groups in total. The molecule has 1 aliphatic rings. The van der Waals surface area contributed by atoms with E-state index in [1.165, 1.54) is 12.8 Å². The summed E-state index contributed by atoms with van der Waals surface area (Å²) < 4.78 is 7.60. The summed E-state index contributed by atoms with van der Waals surface area (Å²) in [6.45, 7) is 0.489. The number of rotatable bonds is 4. The first-order chi connectivity index (χ1) is 11.3. The predicted molar refractivity (Wildman–Crippen MR) is 87.7 cm³/mol. The minimum atomic E-state index is 0.382. The third-order valence-corrected chi connectivity index (χ3v) is 4.27. The minimum absolute atomic E-state index is 0.382. The third kappa shape index (κ3) is 3.03. The van der Waals surface area contributed by atoms with Gasteiger partial charge in [0.2, 0.25) is 0 Å². The molecule has 1 aliphatic carbocycles. The van der Waals surface area contributed by atoms with Gasteiger partial charge in [0.25, 0.3) is 0 Å². The van der Waals surface area contributed by atoms with Gasteiger partial charge in [-0.1, -0.05) is 12.8 Å². The second-order valence-electron chi connectivity index (χ2n) is 5.96. The molecule has 0 amide bonds. The van der Waals surface area contributed by atoms with Crippen LogP contribution in [0.25, 0.3) is 16.6 Å². The molecule has 0 saturated heterocycles. The summed E-state index contributed by atoms with van der Waals surface area (Å²) >= 11 is 0. The molecule has 118 valence electrons. The lowest BCUT2D eigenvalue weighted by atomic mass is 10.1. The Labute approximate surface area is 134 Å².